The molecule has 0 aliphatic carbocycles. The molecule has 0 bridgehead atoms. The lowest BCUT2D eigenvalue weighted by molar-refractivity contribution is -0.385. The molecule has 0 amide bonds. The molecule has 22 heavy (non-hydrogen) atoms. The zero-order valence-electron chi connectivity index (χ0n) is 11.7. The molecule has 0 aliphatic rings. The average molecular weight is 304 g/mol. The van der Waals surface area contributed by atoms with E-state index in [0.29, 0.717) is 0 Å². The number of aliphatic hydroxyl groups is 2. The van der Waals surface area contributed by atoms with Crippen molar-refractivity contribution >= 4 is 11.4 Å². The molecular weight excluding hydrogens is 288 g/mol. The molecule has 0 radical (unpaired) electrons. The quantitative estimate of drug-likeness (QED) is 0.323. The van der Waals surface area contributed by atoms with E-state index < -0.39 is 11.2 Å². The minimum absolute atomic E-state index is 0.143. The second kappa shape index (κ2) is 6.88. The van der Waals surface area contributed by atoms with Gasteiger partial charge in [-0.05, 0) is 11.6 Å². The lowest BCUT2D eigenvalue weighted by Crippen LogP contribution is -2.11. The zero-order chi connectivity index (χ0) is 16.1. The third-order valence-electron chi connectivity index (χ3n) is 3.05. The fourth-order valence-electron chi connectivity index (χ4n) is 2.02. The fraction of sp³-hybridized carbons (Fsp3) is 0.200. The van der Waals surface area contributed by atoms with Gasteiger partial charge < -0.3 is 20.7 Å². The van der Waals surface area contributed by atoms with Crippen LogP contribution in [-0.2, 0) is 13.0 Å². The van der Waals surface area contributed by atoms with Crippen molar-refractivity contribution in [2.45, 2.75) is 19.3 Å². The first-order valence-electron chi connectivity index (χ1n) is 6.57. The standard InChI is InChI=1S/C15H16N2O5/c16-12-6-11(7-15(18)19)13(17(20)21)8-14(12)22-9-10-4-2-1-3-5-10/h1-6,8,15,18-19H,7,9,16H2. The number of nitrogens with two attached hydrogens (primary N) is 1. The largest absolute Gasteiger partial charge is 0.486 e. The first-order valence-corrected chi connectivity index (χ1v) is 6.57. The predicted molar refractivity (Wildman–Crippen MR) is 80.2 cm³/mol. The highest BCUT2D eigenvalue weighted by Gasteiger charge is 2.19. The maximum Gasteiger partial charge on any atom is 0.276 e. The van der Waals surface area contributed by atoms with Crippen LogP contribution in [0.5, 0.6) is 5.75 Å². The molecule has 7 heteroatoms. The molecule has 4 N–H and O–H groups in total. The van der Waals surface area contributed by atoms with Crippen LogP contribution in [0.4, 0.5) is 11.4 Å². The van der Waals surface area contributed by atoms with Gasteiger partial charge in [-0.3, -0.25) is 10.1 Å². The van der Waals surface area contributed by atoms with Crippen molar-refractivity contribution in [3.63, 3.8) is 0 Å². The second-order valence-electron chi connectivity index (χ2n) is 4.73. The van der Waals surface area contributed by atoms with E-state index in [4.69, 9.17) is 20.7 Å². The smallest absolute Gasteiger partial charge is 0.276 e. The molecule has 0 unspecified atom stereocenters. The van der Waals surface area contributed by atoms with Gasteiger partial charge in [0.2, 0.25) is 0 Å². The molecule has 116 valence electrons. The zero-order valence-corrected chi connectivity index (χ0v) is 11.7. The summed E-state index contributed by atoms with van der Waals surface area (Å²) >= 11 is 0. The lowest BCUT2D eigenvalue weighted by Gasteiger charge is -2.12. The van der Waals surface area contributed by atoms with Crippen molar-refractivity contribution < 1.29 is 19.9 Å². The minimum atomic E-state index is -1.69. The Morgan fingerprint density at radius 2 is 1.91 bits per heavy atom. The number of hydrogen-bond acceptors (Lipinski definition) is 6. The topological polar surface area (TPSA) is 119 Å². The summed E-state index contributed by atoms with van der Waals surface area (Å²) in [5.41, 5.74) is 6.81. The van der Waals surface area contributed by atoms with Crippen LogP contribution in [-0.4, -0.2) is 21.4 Å². The van der Waals surface area contributed by atoms with E-state index in [9.17, 15) is 10.1 Å². The normalized spacial score (nSPS) is 10.7. The second-order valence-corrected chi connectivity index (χ2v) is 4.73. The third-order valence-corrected chi connectivity index (χ3v) is 3.05. The van der Waals surface area contributed by atoms with Gasteiger partial charge in [-0.25, -0.2) is 0 Å². The van der Waals surface area contributed by atoms with Gasteiger partial charge in [-0.1, -0.05) is 30.3 Å². The Hall–Kier alpha value is -2.64. The van der Waals surface area contributed by atoms with E-state index in [1.807, 2.05) is 30.3 Å². The van der Waals surface area contributed by atoms with Crippen LogP contribution in [0.3, 0.4) is 0 Å². The van der Waals surface area contributed by atoms with Gasteiger partial charge in [-0.2, -0.15) is 0 Å². The molecule has 2 aromatic carbocycles. The maximum atomic E-state index is 11.1. The highest BCUT2D eigenvalue weighted by molar-refractivity contribution is 5.61. The van der Waals surface area contributed by atoms with Crippen LogP contribution in [0.25, 0.3) is 0 Å². The van der Waals surface area contributed by atoms with Crippen LogP contribution in [0.1, 0.15) is 11.1 Å². The Morgan fingerprint density at radius 1 is 1.23 bits per heavy atom. The number of nitro benzene ring substituents is 1. The summed E-state index contributed by atoms with van der Waals surface area (Å²) < 4.78 is 5.52. The lowest BCUT2D eigenvalue weighted by atomic mass is 10.1. The number of nitro groups is 1. The van der Waals surface area contributed by atoms with Crippen LogP contribution in [0, 0.1) is 10.1 Å². The molecule has 0 spiro atoms. The van der Waals surface area contributed by atoms with Gasteiger partial charge in [0.1, 0.15) is 12.4 Å². The van der Waals surface area contributed by atoms with E-state index >= 15 is 0 Å². The number of anilines is 1. The number of rotatable bonds is 6. The fourth-order valence-corrected chi connectivity index (χ4v) is 2.02. The molecule has 0 fully saturated rings. The summed E-state index contributed by atoms with van der Waals surface area (Å²) in [4.78, 5) is 10.5. The van der Waals surface area contributed by atoms with E-state index in [-0.39, 0.29) is 35.7 Å². The molecule has 2 rings (SSSR count). The Kier molecular flexibility index (Phi) is 4.92. The Bertz CT molecular complexity index is 658. The van der Waals surface area contributed by atoms with Gasteiger partial charge >= 0.3 is 0 Å². The van der Waals surface area contributed by atoms with Crippen molar-refractivity contribution in [1.29, 1.82) is 0 Å². The van der Waals surface area contributed by atoms with Crippen molar-refractivity contribution in [1.82, 2.24) is 0 Å². The number of aliphatic hydroxyl groups excluding tert-OH is 1. The summed E-state index contributed by atoms with van der Waals surface area (Å²) in [5.74, 6) is 0.187. The SMILES string of the molecule is Nc1cc(CC(O)O)c([N+](=O)[O-])cc1OCc1ccccc1. The van der Waals surface area contributed by atoms with Gasteiger partial charge in [0, 0.05) is 12.0 Å². The van der Waals surface area contributed by atoms with Gasteiger partial charge in [0.15, 0.2) is 6.29 Å². The van der Waals surface area contributed by atoms with Crippen molar-refractivity contribution in [2.75, 3.05) is 5.73 Å². The van der Waals surface area contributed by atoms with Crippen molar-refractivity contribution in [3.8, 4) is 5.75 Å². The maximum absolute atomic E-state index is 11.1. The predicted octanol–water partition coefficient (Wildman–Crippen LogP) is 1.61. The molecule has 7 nitrogen and oxygen atoms in total. The number of nitrogen functional groups attached to an aromatic ring is 1. The Morgan fingerprint density at radius 3 is 2.50 bits per heavy atom. The van der Waals surface area contributed by atoms with Crippen molar-refractivity contribution in [3.05, 3.63) is 63.7 Å². The van der Waals surface area contributed by atoms with Crippen LogP contribution < -0.4 is 10.5 Å². The number of hydrogen-bond donors (Lipinski definition) is 3. The summed E-state index contributed by atoms with van der Waals surface area (Å²) in [6, 6.07) is 11.8. The Balaban J connectivity index is 2.24. The van der Waals surface area contributed by atoms with Gasteiger partial charge in [0.25, 0.3) is 5.69 Å². The molecule has 0 heterocycles. The number of ether oxygens (including phenoxy) is 1. The highest BCUT2D eigenvalue weighted by atomic mass is 16.6. The van der Waals surface area contributed by atoms with E-state index in [1.54, 1.807) is 0 Å². The molecule has 0 aromatic heterocycles. The highest BCUT2D eigenvalue weighted by Crippen LogP contribution is 2.32. The Labute approximate surface area is 126 Å². The molecule has 2 aromatic rings. The van der Waals surface area contributed by atoms with Crippen LogP contribution >= 0.6 is 0 Å². The minimum Gasteiger partial charge on any atom is -0.486 e. The van der Waals surface area contributed by atoms with Gasteiger partial charge in [-0.15, -0.1) is 0 Å². The number of benzene rings is 2. The summed E-state index contributed by atoms with van der Waals surface area (Å²) in [6.45, 7) is 0.226. The number of nitrogens with zero attached hydrogens (tertiary/aromatic N) is 1. The van der Waals surface area contributed by atoms with Crippen LogP contribution in [0.15, 0.2) is 42.5 Å². The van der Waals surface area contributed by atoms with Crippen LogP contribution in [0.2, 0.25) is 0 Å². The molecular formula is C15H16N2O5. The van der Waals surface area contributed by atoms with E-state index in [2.05, 4.69) is 0 Å². The third kappa shape index (κ3) is 3.94. The molecule has 0 saturated carbocycles. The monoisotopic (exact) mass is 304 g/mol. The molecule has 0 atom stereocenters. The summed E-state index contributed by atoms with van der Waals surface area (Å²) in [7, 11) is 0. The van der Waals surface area contributed by atoms with Crippen molar-refractivity contribution in [2.24, 2.45) is 0 Å². The first kappa shape index (κ1) is 15.7. The first-order chi connectivity index (χ1) is 10.5. The summed E-state index contributed by atoms with van der Waals surface area (Å²) in [5, 5.41) is 29.1. The molecule has 0 saturated heterocycles. The average Bonchev–Trinajstić information content (AvgIpc) is 2.46. The summed E-state index contributed by atoms with van der Waals surface area (Å²) in [6.07, 6.45) is -1.96. The van der Waals surface area contributed by atoms with E-state index in [1.165, 1.54) is 12.1 Å². The molecule has 0 aliphatic heterocycles. The van der Waals surface area contributed by atoms with Gasteiger partial charge in [0.05, 0.1) is 16.7 Å². The van der Waals surface area contributed by atoms with E-state index in [0.717, 1.165) is 5.56 Å².